The van der Waals surface area contributed by atoms with E-state index in [1.807, 2.05) is 61.5 Å². The molecule has 1 aliphatic heterocycles. The number of carbonyl (C=O) groups is 1. The van der Waals surface area contributed by atoms with Gasteiger partial charge in [0.1, 0.15) is 24.7 Å². The predicted octanol–water partition coefficient (Wildman–Crippen LogP) is 7.17. The van der Waals surface area contributed by atoms with Crippen LogP contribution in [0, 0.1) is 6.92 Å². The van der Waals surface area contributed by atoms with Gasteiger partial charge in [0.25, 0.3) is 5.91 Å². The van der Waals surface area contributed by atoms with Crippen molar-refractivity contribution in [1.29, 1.82) is 0 Å². The second-order valence-corrected chi connectivity index (χ2v) is 9.64. The summed E-state index contributed by atoms with van der Waals surface area (Å²) in [5.74, 6) is 1.02. The van der Waals surface area contributed by atoms with Crippen molar-refractivity contribution < 1.29 is 14.3 Å². The van der Waals surface area contributed by atoms with Crippen LogP contribution in [0.15, 0.2) is 71.6 Å². The highest BCUT2D eigenvalue weighted by molar-refractivity contribution is 8.27. The molecule has 1 aliphatic rings. The Morgan fingerprint density at radius 1 is 1.00 bits per heavy atom. The van der Waals surface area contributed by atoms with E-state index in [1.54, 1.807) is 18.2 Å². The standard InChI is InChI=1S/C25H19Cl2NO3S2/c1-16-7-5-6-10-21(16)30-11-12-31-23-17(13-18(26)15-20(23)27)14-22-24(29)28(25(32)33-22)19-8-3-2-4-9-19/h2-10,13-15H,11-12H2,1H3/b22-14+. The third kappa shape index (κ3) is 5.53. The summed E-state index contributed by atoms with van der Waals surface area (Å²) < 4.78 is 12.2. The Kier molecular flexibility index (Phi) is 7.60. The first kappa shape index (κ1) is 23.6. The largest absolute Gasteiger partial charge is 0.490 e. The number of rotatable bonds is 7. The SMILES string of the molecule is Cc1ccccc1OCCOc1c(Cl)cc(Cl)cc1/C=C1/SC(=S)N(c2ccccc2)C1=O. The number of anilines is 1. The van der Waals surface area contributed by atoms with Gasteiger partial charge in [-0.15, -0.1) is 0 Å². The lowest BCUT2D eigenvalue weighted by molar-refractivity contribution is -0.113. The Balaban J connectivity index is 1.53. The number of benzene rings is 3. The summed E-state index contributed by atoms with van der Waals surface area (Å²) in [4.78, 5) is 15.0. The normalized spacial score (nSPS) is 14.8. The van der Waals surface area contributed by atoms with Crippen molar-refractivity contribution in [3.8, 4) is 11.5 Å². The highest BCUT2D eigenvalue weighted by Crippen LogP contribution is 2.39. The average Bonchev–Trinajstić information content (AvgIpc) is 3.07. The van der Waals surface area contributed by atoms with Crippen LogP contribution in [0.2, 0.25) is 10.0 Å². The lowest BCUT2D eigenvalue weighted by Crippen LogP contribution is -2.27. The Bertz CT molecular complexity index is 1230. The number of hydrogen-bond acceptors (Lipinski definition) is 5. The lowest BCUT2D eigenvalue weighted by atomic mass is 10.1. The van der Waals surface area contributed by atoms with Gasteiger partial charge in [0.05, 0.1) is 15.6 Å². The first-order valence-corrected chi connectivity index (χ1v) is 12.1. The van der Waals surface area contributed by atoms with E-state index in [2.05, 4.69) is 0 Å². The molecule has 0 atom stereocenters. The number of aryl methyl sites for hydroxylation is 1. The van der Waals surface area contributed by atoms with Crippen LogP contribution in [0.4, 0.5) is 5.69 Å². The van der Waals surface area contributed by atoms with E-state index in [0.29, 0.717) is 37.2 Å². The molecule has 3 aromatic rings. The lowest BCUT2D eigenvalue weighted by Gasteiger charge is -2.14. The molecule has 0 spiro atoms. The van der Waals surface area contributed by atoms with Crippen LogP contribution in [0.1, 0.15) is 11.1 Å². The summed E-state index contributed by atoms with van der Waals surface area (Å²) in [7, 11) is 0. The zero-order valence-corrected chi connectivity index (χ0v) is 20.7. The van der Waals surface area contributed by atoms with Crippen molar-refractivity contribution in [3.05, 3.63) is 92.8 Å². The van der Waals surface area contributed by atoms with Gasteiger partial charge in [-0.25, -0.2) is 0 Å². The van der Waals surface area contributed by atoms with Gasteiger partial charge in [-0.05, 0) is 48.9 Å². The summed E-state index contributed by atoms with van der Waals surface area (Å²) in [6, 6.07) is 20.4. The first-order chi connectivity index (χ1) is 15.9. The molecule has 0 bridgehead atoms. The fraction of sp³-hybridized carbons (Fsp3) is 0.120. The Morgan fingerprint density at radius 3 is 2.45 bits per heavy atom. The predicted molar refractivity (Wildman–Crippen MR) is 141 cm³/mol. The smallest absolute Gasteiger partial charge is 0.270 e. The molecular formula is C25H19Cl2NO3S2. The van der Waals surface area contributed by atoms with E-state index >= 15 is 0 Å². The number of nitrogens with zero attached hydrogens (tertiary/aromatic N) is 1. The van der Waals surface area contributed by atoms with Gasteiger partial charge in [-0.2, -0.15) is 0 Å². The monoisotopic (exact) mass is 515 g/mol. The summed E-state index contributed by atoms with van der Waals surface area (Å²) in [5, 5.41) is 0.788. The minimum absolute atomic E-state index is 0.207. The topological polar surface area (TPSA) is 38.8 Å². The van der Waals surface area contributed by atoms with Crippen LogP contribution in [0.25, 0.3) is 6.08 Å². The van der Waals surface area contributed by atoms with Crippen LogP contribution in [-0.2, 0) is 4.79 Å². The molecule has 3 aromatic carbocycles. The van der Waals surface area contributed by atoms with E-state index in [1.165, 1.54) is 16.7 Å². The number of ether oxygens (including phenoxy) is 2. The number of para-hydroxylation sites is 2. The van der Waals surface area contributed by atoms with Crippen LogP contribution in [-0.4, -0.2) is 23.4 Å². The molecule has 0 aromatic heterocycles. The van der Waals surface area contributed by atoms with Gasteiger partial charge in [0, 0.05) is 10.6 Å². The van der Waals surface area contributed by atoms with Crippen molar-refractivity contribution in [1.82, 2.24) is 0 Å². The minimum Gasteiger partial charge on any atom is -0.490 e. The number of thioether (sulfide) groups is 1. The van der Waals surface area contributed by atoms with Crippen LogP contribution < -0.4 is 14.4 Å². The van der Waals surface area contributed by atoms with Crippen molar-refractivity contribution in [3.63, 3.8) is 0 Å². The van der Waals surface area contributed by atoms with Gasteiger partial charge >= 0.3 is 0 Å². The maximum Gasteiger partial charge on any atom is 0.270 e. The number of hydrogen-bond donors (Lipinski definition) is 0. The van der Waals surface area contributed by atoms with Gasteiger partial charge in [0.15, 0.2) is 4.32 Å². The third-order valence-electron chi connectivity index (χ3n) is 4.81. The molecule has 1 fully saturated rings. The van der Waals surface area contributed by atoms with E-state index in [9.17, 15) is 4.79 Å². The maximum atomic E-state index is 13.1. The molecule has 0 saturated carbocycles. The summed E-state index contributed by atoms with van der Waals surface area (Å²) >= 11 is 19.3. The molecule has 0 radical (unpaired) electrons. The van der Waals surface area contributed by atoms with Crippen molar-refractivity contribution in [2.24, 2.45) is 0 Å². The zero-order valence-electron chi connectivity index (χ0n) is 17.6. The van der Waals surface area contributed by atoms with Crippen molar-refractivity contribution in [2.75, 3.05) is 18.1 Å². The molecule has 8 heteroatoms. The summed E-state index contributed by atoms with van der Waals surface area (Å²) in [6.45, 7) is 2.58. The molecule has 1 saturated heterocycles. The van der Waals surface area contributed by atoms with Crippen molar-refractivity contribution in [2.45, 2.75) is 6.92 Å². The Labute approximate surface area is 212 Å². The number of carbonyl (C=O) groups excluding carboxylic acids is 1. The van der Waals surface area contributed by atoms with E-state index in [-0.39, 0.29) is 12.5 Å². The quantitative estimate of drug-likeness (QED) is 0.189. The Hall–Kier alpha value is -2.51. The molecule has 0 unspecified atom stereocenters. The second kappa shape index (κ2) is 10.6. The Morgan fingerprint density at radius 2 is 1.70 bits per heavy atom. The summed E-state index contributed by atoms with van der Waals surface area (Å²) in [5.41, 5.74) is 2.36. The highest BCUT2D eigenvalue weighted by atomic mass is 35.5. The van der Waals surface area contributed by atoms with E-state index in [4.69, 9.17) is 44.9 Å². The summed E-state index contributed by atoms with van der Waals surface area (Å²) in [6.07, 6.45) is 1.71. The minimum atomic E-state index is -0.207. The second-order valence-electron chi connectivity index (χ2n) is 7.12. The highest BCUT2D eigenvalue weighted by Gasteiger charge is 2.33. The van der Waals surface area contributed by atoms with Crippen molar-refractivity contribution >= 4 is 69.2 Å². The maximum absolute atomic E-state index is 13.1. The van der Waals surface area contributed by atoms with E-state index < -0.39 is 0 Å². The molecule has 4 nitrogen and oxygen atoms in total. The number of amides is 1. The molecule has 0 N–H and O–H groups in total. The number of thiocarbonyl (C=S) groups is 1. The molecule has 168 valence electrons. The van der Waals surface area contributed by atoms with Gasteiger partial charge < -0.3 is 9.47 Å². The van der Waals surface area contributed by atoms with Gasteiger partial charge in [-0.3, -0.25) is 9.69 Å². The molecular weight excluding hydrogens is 497 g/mol. The van der Waals surface area contributed by atoms with Crippen LogP contribution in [0.3, 0.4) is 0 Å². The zero-order chi connectivity index (χ0) is 23.4. The fourth-order valence-corrected chi connectivity index (χ4v) is 5.12. The first-order valence-electron chi connectivity index (χ1n) is 10.1. The molecule has 33 heavy (non-hydrogen) atoms. The van der Waals surface area contributed by atoms with Crippen LogP contribution in [0.5, 0.6) is 11.5 Å². The van der Waals surface area contributed by atoms with Gasteiger partial charge in [-0.1, -0.05) is 83.6 Å². The molecule has 0 aliphatic carbocycles. The van der Waals surface area contributed by atoms with E-state index in [0.717, 1.165) is 17.0 Å². The third-order valence-corrected chi connectivity index (χ3v) is 6.61. The number of halogens is 2. The fourth-order valence-electron chi connectivity index (χ4n) is 3.26. The molecule has 1 amide bonds. The van der Waals surface area contributed by atoms with Crippen LogP contribution >= 0.6 is 47.2 Å². The average molecular weight is 516 g/mol. The van der Waals surface area contributed by atoms with Gasteiger partial charge in [0.2, 0.25) is 0 Å². The molecule has 4 rings (SSSR count). The molecule has 1 heterocycles.